The number of carbonyl (C=O) groups is 1. The van der Waals surface area contributed by atoms with Gasteiger partial charge in [-0.05, 0) is 36.7 Å². The van der Waals surface area contributed by atoms with Gasteiger partial charge in [-0.15, -0.1) is 11.8 Å². The molecule has 0 aliphatic heterocycles. The second-order valence-electron chi connectivity index (χ2n) is 4.33. The molecule has 0 aliphatic rings. The molecule has 0 radical (unpaired) electrons. The van der Waals surface area contributed by atoms with E-state index in [0.29, 0.717) is 22.9 Å². The van der Waals surface area contributed by atoms with Crippen molar-refractivity contribution in [1.29, 1.82) is 0 Å². The first kappa shape index (κ1) is 16.6. The van der Waals surface area contributed by atoms with Gasteiger partial charge in [0.2, 0.25) is 0 Å². The number of ether oxygens (including phenoxy) is 2. The Balaban J connectivity index is 2.19. The van der Waals surface area contributed by atoms with Crippen molar-refractivity contribution >= 4 is 28.6 Å². The smallest absolute Gasteiger partial charge is 0.255 e. The summed E-state index contributed by atoms with van der Waals surface area (Å²) in [6.07, 6.45) is 1.64. The third kappa shape index (κ3) is 4.15. The zero-order chi connectivity index (χ0) is 15.9. The van der Waals surface area contributed by atoms with E-state index in [1.165, 1.54) is 11.8 Å². The van der Waals surface area contributed by atoms with Crippen molar-refractivity contribution in [1.82, 2.24) is 4.98 Å². The third-order valence-corrected chi connectivity index (χ3v) is 4.18. The van der Waals surface area contributed by atoms with Crippen molar-refractivity contribution < 1.29 is 14.3 Å². The van der Waals surface area contributed by atoms with Gasteiger partial charge in [0.1, 0.15) is 16.5 Å². The maximum atomic E-state index is 11.4. The molecule has 0 amide bonds. The molecule has 22 heavy (non-hydrogen) atoms. The molecule has 0 saturated carbocycles. The molecule has 2 aromatic rings. The second kappa shape index (κ2) is 8.06. The number of hydrogen-bond acceptors (Lipinski definition) is 5. The number of methoxy groups -OCH3 is 1. The van der Waals surface area contributed by atoms with E-state index in [1.807, 2.05) is 25.1 Å². The van der Waals surface area contributed by atoms with Gasteiger partial charge in [0.25, 0.3) is 5.24 Å². The molecule has 4 nitrogen and oxygen atoms in total. The van der Waals surface area contributed by atoms with E-state index in [1.54, 1.807) is 25.4 Å². The number of benzene rings is 1. The molecule has 0 N–H and O–H groups in total. The minimum atomic E-state index is -0.504. The Kier molecular flexibility index (Phi) is 6.10. The Bertz CT molecular complexity index is 664. The quantitative estimate of drug-likeness (QED) is 0.561. The minimum Gasteiger partial charge on any atom is -0.497 e. The summed E-state index contributed by atoms with van der Waals surface area (Å²) in [5.41, 5.74) is 1.42. The van der Waals surface area contributed by atoms with Crippen molar-refractivity contribution in [2.45, 2.75) is 17.7 Å². The number of pyridine rings is 1. The van der Waals surface area contributed by atoms with E-state index in [9.17, 15) is 4.79 Å². The Hall–Kier alpha value is -1.72. The predicted molar refractivity (Wildman–Crippen MR) is 88.1 cm³/mol. The number of halogens is 1. The van der Waals surface area contributed by atoms with E-state index in [-0.39, 0.29) is 0 Å². The van der Waals surface area contributed by atoms with Crippen LogP contribution >= 0.6 is 23.4 Å². The van der Waals surface area contributed by atoms with Crippen LogP contribution in [0.4, 0.5) is 0 Å². The zero-order valence-electron chi connectivity index (χ0n) is 12.3. The van der Waals surface area contributed by atoms with Crippen molar-refractivity contribution in [3.8, 4) is 11.5 Å². The second-order valence-corrected chi connectivity index (χ2v) is 5.63. The van der Waals surface area contributed by atoms with Crippen LogP contribution in [0.5, 0.6) is 11.5 Å². The minimum absolute atomic E-state index is 0.417. The normalized spacial score (nSPS) is 10.3. The van der Waals surface area contributed by atoms with E-state index >= 15 is 0 Å². The van der Waals surface area contributed by atoms with E-state index in [4.69, 9.17) is 21.1 Å². The van der Waals surface area contributed by atoms with Crippen LogP contribution in [0.3, 0.4) is 0 Å². The largest absolute Gasteiger partial charge is 0.497 e. The van der Waals surface area contributed by atoms with Gasteiger partial charge >= 0.3 is 0 Å². The van der Waals surface area contributed by atoms with Gasteiger partial charge in [-0.25, -0.2) is 4.98 Å². The highest BCUT2D eigenvalue weighted by molar-refractivity contribution is 7.98. The SMILES string of the molecule is CCOc1cc(OC)ccc1CSc1ncccc1C(=O)Cl. The molecule has 1 heterocycles. The lowest BCUT2D eigenvalue weighted by molar-refractivity contribution is 0.107. The number of rotatable bonds is 7. The highest BCUT2D eigenvalue weighted by Gasteiger charge is 2.12. The number of thioether (sulfide) groups is 1. The number of nitrogens with zero attached hydrogens (tertiary/aromatic N) is 1. The standard InChI is InChI=1S/C16H16ClNO3S/c1-3-21-14-9-12(20-2)7-6-11(14)10-22-16-13(15(17)19)5-4-8-18-16/h4-9H,3,10H2,1-2H3. The summed E-state index contributed by atoms with van der Waals surface area (Å²) in [6.45, 7) is 2.50. The van der Waals surface area contributed by atoms with Crippen LogP contribution in [0.15, 0.2) is 41.6 Å². The first-order valence-corrected chi connectivity index (χ1v) is 8.09. The molecular formula is C16H16ClNO3S. The molecule has 0 unspecified atom stereocenters. The van der Waals surface area contributed by atoms with Crippen LogP contribution in [0.1, 0.15) is 22.8 Å². The highest BCUT2D eigenvalue weighted by Crippen LogP contribution is 2.31. The summed E-state index contributed by atoms with van der Waals surface area (Å²) in [5, 5.41) is 0.108. The van der Waals surface area contributed by atoms with Gasteiger partial charge in [-0.1, -0.05) is 6.07 Å². The summed E-state index contributed by atoms with van der Waals surface area (Å²) >= 11 is 7.02. The lowest BCUT2D eigenvalue weighted by atomic mass is 10.2. The molecule has 0 fully saturated rings. The first-order valence-electron chi connectivity index (χ1n) is 6.73. The predicted octanol–water partition coefficient (Wildman–Crippen LogP) is 4.16. The van der Waals surface area contributed by atoms with Gasteiger partial charge < -0.3 is 9.47 Å². The van der Waals surface area contributed by atoms with Crippen molar-refractivity contribution in [2.75, 3.05) is 13.7 Å². The van der Waals surface area contributed by atoms with E-state index in [0.717, 1.165) is 17.1 Å². The van der Waals surface area contributed by atoms with Crippen molar-refractivity contribution in [2.24, 2.45) is 0 Å². The molecule has 1 aromatic carbocycles. The Morgan fingerprint density at radius 3 is 2.86 bits per heavy atom. The molecule has 0 atom stereocenters. The molecule has 6 heteroatoms. The monoisotopic (exact) mass is 337 g/mol. The van der Waals surface area contributed by atoms with Crippen molar-refractivity contribution in [3.05, 3.63) is 47.7 Å². The zero-order valence-corrected chi connectivity index (χ0v) is 13.9. The van der Waals surface area contributed by atoms with Crippen LogP contribution in [0.25, 0.3) is 0 Å². The molecule has 2 rings (SSSR count). The Morgan fingerprint density at radius 1 is 1.36 bits per heavy atom. The lowest BCUT2D eigenvalue weighted by Crippen LogP contribution is -1.98. The Morgan fingerprint density at radius 2 is 2.18 bits per heavy atom. The highest BCUT2D eigenvalue weighted by atomic mass is 35.5. The fourth-order valence-corrected chi connectivity index (χ4v) is 3.06. The average Bonchev–Trinajstić information content (AvgIpc) is 2.54. The van der Waals surface area contributed by atoms with Crippen LogP contribution in [0.2, 0.25) is 0 Å². The Labute approximate surface area is 138 Å². The first-order chi connectivity index (χ1) is 10.7. The summed E-state index contributed by atoms with van der Waals surface area (Å²) < 4.78 is 10.8. The fourth-order valence-electron chi connectivity index (χ4n) is 1.87. The van der Waals surface area contributed by atoms with Crippen LogP contribution in [-0.4, -0.2) is 23.9 Å². The van der Waals surface area contributed by atoms with Gasteiger partial charge in [0.05, 0.1) is 19.3 Å². The van der Waals surface area contributed by atoms with Gasteiger partial charge in [0.15, 0.2) is 0 Å². The molecule has 116 valence electrons. The molecule has 0 bridgehead atoms. The van der Waals surface area contributed by atoms with E-state index < -0.39 is 5.24 Å². The summed E-state index contributed by atoms with van der Waals surface area (Å²) in [4.78, 5) is 15.6. The molecular weight excluding hydrogens is 322 g/mol. The van der Waals surface area contributed by atoms with Crippen molar-refractivity contribution in [3.63, 3.8) is 0 Å². The van der Waals surface area contributed by atoms with Crippen LogP contribution in [-0.2, 0) is 5.75 Å². The molecule has 1 aromatic heterocycles. The lowest BCUT2D eigenvalue weighted by Gasteiger charge is -2.12. The maximum absolute atomic E-state index is 11.4. The van der Waals surface area contributed by atoms with Gasteiger partial charge in [-0.3, -0.25) is 4.79 Å². The third-order valence-electron chi connectivity index (χ3n) is 2.92. The number of aromatic nitrogens is 1. The number of hydrogen-bond donors (Lipinski definition) is 0. The van der Waals surface area contributed by atoms with Crippen LogP contribution < -0.4 is 9.47 Å². The fraction of sp³-hybridized carbons (Fsp3) is 0.250. The summed E-state index contributed by atoms with van der Waals surface area (Å²) in [6, 6.07) is 9.04. The molecule has 0 spiro atoms. The topological polar surface area (TPSA) is 48.4 Å². The van der Waals surface area contributed by atoms with E-state index in [2.05, 4.69) is 4.98 Å². The van der Waals surface area contributed by atoms with Gasteiger partial charge in [0, 0.05) is 23.6 Å². The summed E-state index contributed by atoms with van der Waals surface area (Å²) in [5.74, 6) is 2.13. The number of carbonyl (C=O) groups excluding carboxylic acids is 1. The molecule has 0 aliphatic carbocycles. The van der Waals surface area contributed by atoms with Gasteiger partial charge in [-0.2, -0.15) is 0 Å². The molecule has 0 saturated heterocycles. The van der Waals surface area contributed by atoms with Crippen LogP contribution in [0, 0.1) is 0 Å². The average molecular weight is 338 g/mol. The summed E-state index contributed by atoms with van der Waals surface area (Å²) in [7, 11) is 1.62. The maximum Gasteiger partial charge on any atom is 0.255 e.